The molecule has 116 valence electrons. The lowest BCUT2D eigenvalue weighted by molar-refractivity contribution is -0.132. The van der Waals surface area contributed by atoms with Gasteiger partial charge in [-0.25, -0.2) is 12.8 Å². The third kappa shape index (κ3) is 3.58. The largest absolute Gasteiger partial charge is 0.340 e. The minimum absolute atomic E-state index is 0.0655. The molecule has 0 atom stereocenters. The molecule has 0 radical (unpaired) electrons. The summed E-state index contributed by atoms with van der Waals surface area (Å²) in [5.41, 5.74) is 5.33. The van der Waals surface area contributed by atoms with E-state index in [4.69, 9.17) is 5.73 Å². The fraction of sp³-hybridized carbons (Fsp3) is 0.462. The molecule has 1 fully saturated rings. The molecule has 1 aliphatic rings. The van der Waals surface area contributed by atoms with Crippen molar-refractivity contribution >= 4 is 15.9 Å². The number of nitrogens with zero attached hydrogens (tertiary/aromatic N) is 2. The van der Waals surface area contributed by atoms with E-state index in [9.17, 15) is 17.6 Å². The molecule has 0 spiro atoms. The Kier molecular flexibility index (Phi) is 4.92. The number of halogens is 1. The van der Waals surface area contributed by atoms with Gasteiger partial charge in [-0.05, 0) is 18.2 Å². The van der Waals surface area contributed by atoms with Gasteiger partial charge in [-0.15, -0.1) is 0 Å². The van der Waals surface area contributed by atoms with Crippen LogP contribution in [-0.4, -0.2) is 56.3 Å². The van der Waals surface area contributed by atoms with Gasteiger partial charge in [-0.3, -0.25) is 4.79 Å². The predicted molar refractivity (Wildman–Crippen MR) is 75.4 cm³/mol. The van der Waals surface area contributed by atoms with Crippen LogP contribution >= 0.6 is 0 Å². The number of amides is 1. The van der Waals surface area contributed by atoms with E-state index in [1.807, 2.05) is 0 Å². The van der Waals surface area contributed by atoms with Gasteiger partial charge in [0.1, 0.15) is 5.82 Å². The van der Waals surface area contributed by atoms with Crippen molar-refractivity contribution in [2.75, 3.05) is 32.7 Å². The summed E-state index contributed by atoms with van der Waals surface area (Å²) in [5.74, 6) is -0.659. The van der Waals surface area contributed by atoms with Gasteiger partial charge < -0.3 is 10.6 Å². The quantitative estimate of drug-likeness (QED) is 0.848. The summed E-state index contributed by atoms with van der Waals surface area (Å²) in [4.78, 5) is 13.2. The minimum Gasteiger partial charge on any atom is -0.340 e. The highest BCUT2D eigenvalue weighted by Crippen LogP contribution is 2.18. The summed E-state index contributed by atoms with van der Waals surface area (Å²) in [6, 6.07) is 4.93. The molecule has 6 nitrogen and oxygen atoms in total. The van der Waals surface area contributed by atoms with Crippen LogP contribution in [0, 0.1) is 5.82 Å². The average molecular weight is 315 g/mol. The first-order chi connectivity index (χ1) is 9.95. The molecule has 2 N–H and O–H groups in total. The maximum absolute atomic E-state index is 13.2. The topological polar surface area (TPSA) is 83.7 Å². The van der Waals surface area contributed by atoms with E-state index < -0.39 is 15.8 Å². The van der Waals surface area contributed by atoms with Crippen molar-refractivity contribution in [3.8, 4) is 0 Å². The smallest absolute Gasteiger partial charge is 0.243 e. The normalized spacial score (nSPS) is 17.0. The van der Waals surface area contributed by atoms with Crippen LogP contribution in [0.4, 0.5) is 4.39 Å². The van der Waals surface area contributed by atoms with Crippen LogP contribution in [0.5, 0.6) is 0 Å². The molecule has 0 saturated carbocycles. The lowest BCUT2D eigenvalue weighted by atomic mass is 10.3. The number of nitrogens with two attached hydrogens (primary N) is 1. The SMILES string of the molecule is NCCC(=O)N1CCN(S(=O)(=O)c2cccc(F)c2)CC1. The van der Waals surface area contributed by atoms with Crippen molar-refractivity contribution in [2.24, 2.45) is 5.73 Å². The van der Waals surface area contributed by atoms with E-state index in [1.54, 1.807) is 4.90 Å². The van der Waals surface area contributed by atoms with Crippen LogP contribution in [0.15, 0.2) is 29.2 Å². The summed E-state index contributed by atoms with van der Waals surface area (Å²) in [6.45, 7) is 1.34. The number of piperazine rings is 1. The summed E-state index contributed by atoms with van der Waals surface area (Å²) in [7, 11) is -3.72. The second-order valence-corrected chi connectivity index (χ2v) is 6.72. The van der Waals surface area contributed by atoms with Crippen molar-refractivity contribution in [3.05, 3.63) is 30.1 Å². The zero-order valence-electron chi connectivity index (χ0n) is 11.5. The number of sulfonamides is 1. The molecular formula is C13H18FN3O3S. The van der Waals surface area contributed by atoms with Crippen molar-refractivity contribution in [2.45, 2.75) is 11.3 Å². The van der Waals surface area contributed by atoms with E-state index >= 15 is 0 Å². The molecular weight excluding hydrogens is 297 g/mol. The first kappa shape index (κ1) is 15.9. The number of benzene rings is 1. The van der Waals surface area contributed by atoms with Crippen molar-refractivity contribution in [1.29, 1.82) is 0 Å². The fourth-order valence-electron chi connectivity index (χ4n) is 2.24. The molecule has 0 bridgehead atoms. The van der Waals surface area contributed by atoms with Gasteiger partial charge in [0.25, 0.3) is 0 Å². The lowest BCUT2D eigenvalue weighted by Gasteiger charge is -2.34. The second-order valence-electron chi connectivity index (χ2n) is 4.78. The molecule has 2 rings (SSSR count). The Labute approximate surface area is 123 Å². The number of hydrogen-bond donors (Lipinski definition) is 1. The van der Waals surface area contributed by atoms with Crippen LogP contribution in [-0.2, 0) is 14.8 Å². The van der Waals surface area contributed by atoms with E-state index in [-0.39, 0.29) is 36.9 Å². The van der Waals surface area contributed by atoms with Crippen LogP contribution in [0.25, 0.3) is 0 Å². The highest BCUT2D eigenvalue weighted by atomic mass is 32.2. The Morgan fingerprint density at radius 2 is 1.90 bits per heavy atom. The molecule has 1 aromatic rings. The third-order valence-electron chi connectivity index (χ3n) is 3.38. The van der Waals surface area contributed by atoms with E-state index in [0.717, 1.165) is 6.07 Å². The zero-order valence-corrected chi connectivity index (χ0v) is 12.4. The van der Waals surface area contributed by atoms with Gasteiger partial charge in [-0.2, -0.15) is 4.31 Å². The number of hydrogen-bond acceptors (Lipinski definition) is 4. The summed E-state index contributed by atoms with van der Waals surface area (Å²) >= 11 is 0. The number of carbonyl (C=O) groups is 1. The fourth-order valence-corrected chi connectivity index (χ4v) is 3.69. The van der Waals surface area contributed by atoms with Crippen LogP contribution in [0.1, 0.15) is 6.42 Å². The molecule has 1 heterocycles. The highest BCUT2D eigenvalue weighted by molar-refractivity contribution is 7.89. The summed E-state index contributed by atoms with van der Waals surface area (Å²) < 4.78 is 39.2. The summed E-state index contributed by atoms with van der Waals surface area (Å²) in [5, 5.41) is 0. The molecule has 0 aliphatic carbocycles. The molecule has 1 aromatic carbocycles. The summed E-state index contributed by atoms with van der Waals surface area (Å²) in [6.07, 6.45) is 0.261. The van der Waals surface area contributed by atoms with Crippen molar-refractivity contribution < 1.29 is 17.6 Å². The van der Waals surface area contributed by atoms with Gasteiger partial charge >= 0.3 is 0 Å². The van der Waals surface area contributed by atoms with Gasteiger partial charge in [0, 0.05) is 39.1 Å². The Bertz CT molecular complexity index is 613. The highest BCUT2D eigenvalue weighted by Gasteiger charge is 2.29. The molecule has 8 heteroatoms. The standard InChI is InChI=1S/C13H18FN3O3S/c14-11-2-1-3-12(10-11)21(19,20)17-8-6-16(7-9-17)13(18)4-5-15/h1-3,10H,4-9,15H2. The van der Waals surface area contributed by atoms with Crippen LogP contribution < -0.4 is 5.73 Å². The first-order valence-corrected chi connectivity index (χ1v) is 8.12. The van der Waals surface area contributed by atoms with E-state index in [2.05, 4.69) is 0 Å². The number of rotatable bonds is 4. The molecule has 0 aromatic heterocycles. The van der Waals surface area contributed by atoms with Crippen molar-refractivity contribution in [3.63, 3.8) is 0 Å². The maximum Gasteiger partial charge on any atom is 0.243 e. The molecule has 1 aliphatic heterocycles. The van der Waals surface area contributed by atoms with E-state index in [1.165, 1.54) is 22.5 Å². The monoisotopic (exact) mass is 315 g/mol. The maximum atomic E-state index is 13.2. The van der Waals surface area contributed by atoms with Crippen LogP contribution in [0.2, 0.25) is 0 Å². The van der Waals surface area contributed by atoms with Gasteiger partial charge in [0.2, 0.25) is 15.9 Å². The molecule has 1 amide bonds. The Morgan fingerprint density at radius 1 is 1.24 bits per heavy atom. The molecule has 0 unspecified atom stereocenters. The zero-order chi connectivity index (χ0) is 15.5. The van der Waals surface area contributed by atoms with Crippen LogP contribution in [0.3, 0.4) is 0 Å². The van der Waals surface area contributed by atoms with Gasteiger partial charge in [0.15, 0.2) is 0 Å². The van der Waals surface area contributed by atoms with Gasteiger partial charge in [0.05, 0.1) is 4.90 Å². The lowest BCUT2D eigenvalue weighted by Crippen LogP contribution is -2.50. The Balaban J connectivity index is 2.06. The van der Waals surface area contributed by atoms with Crippen molar-refractivity contribution in [1.82, 2.24) is 9.21 Å². The first-order valence-electron chi connectivity index (χ1n) is 6.68. The third-order valence-corrected chi connectivity index (χ3v) is 5.28. The Morgan fingerprint density at radius 3 is 2.48 bits per heavy atom. The number of carbonyl (C=O) groups excluding carboxylic acids is 1. The second kappa shape index (κ2) is 6.50. The predicted octanol–water partition coefficient (Wildman–Crippen LogP) is 0.00740. The molecule has 1 saturated heterocycles. The Hall–Kier alpha value is -1.51. The van der Waals surface area contributed by atoms with E-state index in [0.29, 0.717) is 13.1 Å². The average Bonchev–Trinajstić information content (AvgIpc) is 2.47. The van der Waals surface area contributed by atoms with Gasteiger partial charge in [-0.1, -0.05) is 6.07 Å². The molecule has 21 heavy (non-hydrogen) atoms. The minimum atomic E-state index is -3.72.